The fourth-order valence-electron chi connectivity index (χ4n) is 9.18. The lowest BCUT2D eigenvalue weighted by atomic mass is 9.48. The summed E-state index contributed by atoms with van der Waals surface area (Å²) < 4.78 is 2.08. The Kier molecular flexibility index (Phi) is 5.40. The number of allylic oxidation sites excluding steroid dienone is 2. The molecule has 2 heterocycles. The second-order valence-corrected chi connectivity index (χ2v) is 12.5. The first-order valence-electron chi connectivity index (χ1n) is 13.8. The van der Waals surface area contributed by atoms with Crippen LogP contribution < -0.4 is 5.32 Å². The minimum atomic E-state index is 0.0438. The minimum absolute atomic E-state index is 0.0438. The van der Waals surface area contributed by atoms with Crippen molar-refractivity contribution in [2.75, 3.05) is 7.05 Å². The lowest BCUT2D eigenvalue weighted by molar-refractivity contribution is -0.138. The number of para-hydroxylation sites is 2. The maximum Gasteiger partial charge on any atom is 0.226 e. The molecule has 3 aliphatic carbocycles. The number of aromatic nitrogens is 2. The number of amides is 2. The number of nitrogens with zero attached hydrogens (tertiary/aromatic N) is 3. The van der Waals surface area contributed by atoms with E-state index in [0.717, 1.165) is 55.4 Å². The highest BCUT2D eigenvalue weighted by atomic mass is 16.2. The van der Waals surface area contributed by atoms with Gasteiger partial charge in [-0.2, -0.15) is 0 Å². The topological polar surface area (TPSA) is 67.2 Å². The number of aryl methyl sites for hydroxylation is 1. The van der Waals surface area contributed by atoms with Crippen molar-refractivity contribution in [1.82, 2.24) is 19.8 Å². The van der Waals surface area contributed by atoms with Crippen LogP contribution >= 0.6 is 0 Å². The van der Waals surface area contributed by atoms with Crippen LogP contribution in [0.3, 0.4) is 0 Å². The smallest absolute Gasteiger partial charge is 0.226 e. The Balaban J connectivity index is 1.22. The highest BCUT2D eigenvalue weighted by Gasteiger charge is 2.61. The van der Waals surface area contributed by atoms with Crippen LogP contribution in [0.15, 0.2) is 35.5 Å². The minimum Gasteiger partial charge on any atom is -0.349 e. The van der Waals surface area contributed by atoms with Gasteiger partial charge in [0.15, 0.2) is 0 Å². The van der Waals surface area contributed by atoms with Crippen molar-refractivity contribution >= 4 is 22.8 Å². The van der Waals surface area contributed by atoms with Gasteiger partial charge in [-0.05, 0) is 80.8 Å². The number of likely N-dealkylation sites (tertiary alicyclic amines) is 1. The van der Waals surface area contributed by atoms with E-state index in [1.165, 1.54) is 11.3 Å². The SMILES string of the molecule is CC1=C2N(C)C(=O)CC[C@]2(C)[C@@H]2CC[C@]3(C)C(C(=O)NCc4nc5ccccc5n4C)CC[C@H]3[C@@H]2C1. The molecule has 6 atom stereocenters. The molecule has 3 fully saturated rings. The molecule has 1 saturated heterocycles. The molecule has 192 valence electrons. The Morgan fingerprint density at radius 3 is 2.67 bits per heavy atom. The van der Waals surface area contributed by atoms with Gasteiger partial charge in [0.2, 0.25) is 11.8 Å². The molecule has 2 aromatic rings. The molecule has 36 heavy (non-hydrogen) atoms. The molecular formula is C30H40N4O2. The van der Waals surface area contributed by atoms with Crippen LogP contribution in [-0.2, 0) is 23.2 Å². The van der Waals surface area contributed by atoms with Crippen molar-refractivity contribution in [3.05, 3.63) is 41.4 Å². The van der Waals surface area contributed by atoms with Crippen molar-refractivity contribution in [3.63, 3.8) is 0 Å². The summed E-state index contributed by atoms with van der Waals surface area (Å²) in [6.45, 7) is 7.54. The van der Waals surface area contributed by atoms with Crippen LogP contribution in [0.2, 0.25) is 0 Å². The number of nitrogens with one attached hydrogen (secondary N) is 1. The van der Waals surface area contributed by atoms with E-state index in [2.05, 4.69) is 36.7 Å². The van der Waals surface area contributed by atoms with Gasteiger partial charge < -0.3 is 14.8 Å². The number of fused-ring (bicyclic) bond motifs is 6. The first kappa shape index (κ1) is 23.7. The maximum absolute atomic E-state index is 13.6. The first-order valence-corrected chi connectivity index (χ1v) is 13.8. The second kappa shape index (κ2) is 8.19. The first-order chi connectivity index (χ1) is 17.1. The fraction of sp³-hybridized carbons (Fsp3) is 0.633. The van der Waals surface area contributed by atoms with Crippen molar-refractivity contribution in [3.8, 4) is 0 Å². The summed E-state index contributed by atoms with van der Waals surface area (Å²) in [7, 11) is 4.00. The molecule has 4 aliphatic rings. The van der Waals surface area contributed by atoms with E-state index in [4.69, 9.17) is 4.98 Å². The number of imidazole rings is 1. The van der Waals surface area contributed by atoms with E-state index in [0.29, 0.717) is 30.7 Å². The summed E-state index contributed by atoms with van der Waals surface area (Å²) in [6, 6.07) is 8.12. The number of hydrogen-bond donors (Lipinski definition) is 1. The predicted octanol–water partition coefficient (Wildman–Crippen LogP) is 5.18. The van der Waals surface area contributed by atoms with Gasteiger partial charge in [-0.3, -0.25) is 9.59 Å². The van der Waals surface area contributed by atoms with E-state index >= 15 is 0 Å². The van der Waals surface area contributed by atoms with Gasteiger partial charge in [0.25, 0.3) is 0 Å². The summed E-state index contributed by atoms with van der Waals surface area (Å²) in [6.07, 6.45) is 7.06. The van der Waals surface area contributed by atoms with Crippen LogP contribution in [0.1, 0.15) is 71.5 Å². The third kappa shape index (κ3) is 3.25. The lowest BCUT2D eigenvalue weighted by Crippen LogP contribution is -2.55. The van der Waals surface area contributed by atoms with Crippen LogP contribution in [0.4, 0.5) is 0 Å². The molecule has 0 spiro atoms. The van der Waals surface area contributed by atoms with Gasteiger partial charge in [-0.15, -0.1) is 0 Å². The lowest BCUT2D eigenvalue weighted by Gasteiger charge is -2.59. The van der Waals surface area contributed by atoms with Gasteiger partial charge in [0.05, 0.1) is 17.6 Å². The predicted molar refractivity (Wildman–Crippen MR) is 141 cm³/mol. The molecule has 1 aliphatic heterocycles. The fourth-order valence-corrected chi connectivity index (χ4v) is 9.18. The van der Waals surface area contributed by atoms with E-state index in [-0.39, 0.29) is 28.6 Å². The summed E-state index contributed by atoms with van der Waals surface area (Å²) in [5, 5.41) is 3.27. The largest absolute Gasteiger partial charge is 0.349 e. The Labute approximate surface area is 214 Å². The number of hydrogen-bond acceptors (Lipinski definition) is 3. The van der Waals surface area contributed by atoms with Crippen LogP contribution in [0.5, 0.6) is 0 Å². The second-order valence-electron chi connectivity index (χ2n) is 12.5. The van der Waals surface area contributed by atoms with Crippen molar-refractivity contribution in [1.29, 1.82) is 0 Å². The average molecular weight is 489 g/mol. The van der Waals surface area contributed by atoms with E-state index < -0.39 is 0 Å². The van der Waals surface area contributed by atoms with E-state index in [9.17, 15) is 9.59 Å². The quantitative estimate of drug-likeness (QED) is 0.647. The van der Waals surface area contributed by atoms with E-state index in [1.807, 2.05) is 37.2 Å². The summed E-state index contributed by atoms with van der Waals surface area (Å²) >= 11 is 0. The molecule has 2 amide bonds. The van der Waals surface area contributed by atoms with Crippen LogP contribution in [0.25, 0.3) is 11.0 Å². The number of rotatable bonds is 3. The van der Waals surface area contributed by atoms with Gasteiger partial charge in [-0.1, -0.05) is 31.6 Å². The van der Waals surface area contributed by atoms with Gasteiger partial charge in [0, 0.05) is 37.5 Å². The van der Waals surface area contributed by atoms with Gasteiger partial charge in [0.1, 0.15) is 5.82 Å². The highest BCUT2D eigenvalue weighted by Crippen LogP contribution is 2.66. The number of carbonyl (C=O) groups excluding carboxylic acids is 2. The summed E-state index contributed by atoms with van der Waals surface area (Å²) in [5.74, 6) is 3.20. The molecule has 0 bridgehead atoms. The van der Waals surface area contributed by atoms with E-state index in [1.54, 1.807) is 0 Å². The number of piperidine rings is 1. The molecule has 1 aromatic carbocycles. The Morgan fingerprint density at radius 1 is 1.11 bits per heavy atom. The zero-order valence-corrected chi connectivity index (χ0v) is 22.4. The Bertz CT molecular complexity index is 1280. The summed E-state index contributed by atoms with van der Waals surface area (Å²) in [4.78, 5) is 32.8. The third-order valence-corrected chi connectivity index (χ3v) is 10.9. The van der Waals surface area contributed by atoms with Crippen molar-refractivity contribution < 1.29 is 9.59 Å². The molecule has 6 heteroatoms. The summed E-state index contributed by atoms with van der Waals surface area (Å²) in [5.41, 5.74) is 4.89. The average Bonchev–Trinajstić information content (AvgIpc) is 3.37. The molecular weight excluding hydrogens is 448 g/mol. The van der Waals surface area contributed by atoms with Crippen molar-refractivity contribution in [2.24, 2.45) is 41.5 Å². The molecule has 6 rings (SSSR count). The molecule has 1 aromatic heterocycles. The highest BCUT2D eigenvalue weighted by molar-refractivity contribution is 5.81. The van der Waals surface area contributed by atoms with Crippen molar-refractivity contribution in [2.45, 2.75) is 72.3 Å². The maximum atomic E-state index is 13.6. The van der Waals surface area contributed by atoms with Gasteiger partial charge in [-0.25, -0.2) is 4.98 Å². The normalized spacial score (nSPS) is 36.0. The van der Waals surface area contributed by atoms with Gasteiger partial charge >= 0.3 is 0 Å². The Hall–Kier alpha value is -2.63. The number of benzene rings is 1. The zero-order valence-electron chi connectivity index (χ0n) is 22.4. The molecule has 2 saturated carbocycles. The molecule has 6 nitrogen and oxygen atoms in total. The molecule has 1 unspecified atom stereocenters. The third-order valence-electron chi connectivity index (χ3n) is 10.9. The number of carbonyl (C=O) groups is 2. The zero-order chi connectivity index (χ0) is 25.4. The standard InChI is InChI=1S/C30H40N4O2/c1-18-16-19-20-10-11-22(28(36)31-17-25-32-23-8-6-7-9-24(23)33(25)4)29(20,2)14-12-21(19)30(3)15-13-26(35)34(5)27(18)30/h6-9,19-22H,10-17H2,1-5H3,(H,31,36)/t19-,20-,21+,22?,29-,30+/m0/s1. The van der Waals surface area contributed by atoms with Crippen LogP contribution in [0, 0.1) is 34.5 Å². The van der Waals surface area contributed by atoms with Crippen LogP contribution in [-0.4, -0.2) is 33.3 Å². The monoisotopic (exact) mass is 488 g/mol. The molecule has 0 radical (unpaired) electrons. The Morgan fingerprint density at radius 2 is 1.89 bits per heavy atom. The molecule has 1 N–H and O–H groups in total.